The van der Waals surface area contributed by atoms with Crippen LogP contribution in [0.2, 0.25) is 0 Å². The zero-order valence-electron chi connectivity index (χ0n) is 8.20. The standard InChI is InChI=1S/C10H18O2S/c1-2-7-12-8-3-5-10-6-4-9-13(10)11/h2,7,10H,3-6,8-9H2,1H3/b7-2+. The Labute approximate surface area is 82.8 Å². The van der Waals surface area contributed by atoms with E-state index in [9.17, 15) is 4.21 Å². The SMILES string of the molecule is C/C=C/OCCCC1CCCS1=O. The van der Waals surface area contributed by atoms with Gasteiger partial charge >= 0.3 is 0 Å². The number of allylic oxidation sites excluding steroid dienone is 1. The van der Waals surface area contributed by atoms with Crippen molar-refractivity contribution in [1.82, 2.24) is 0 Å². The molecule has 0 saturated carbocycles. The molecular weight excluding hydrogens is 184 g/mol. The van der Waals surface area contributed by atoms with Crippen molar-refractivity contribution in [2.45, 2.75) is 37.9 Å². The van der Waals surface area contributed by atoms with E-state index in [1.165, 1.54) is 0 Å². The molecule has 1 aliphatic rings. The van der Waals surface area contributed by atoms with Gasteiger partial charge in [-0.05, 0) is 32.6 Å². The molecule has 2 nitrogen and oxygen atoms in total. The highest BCUT2D eigenvalue weighted by molar-refractivity contribution is 7.85. The topological polar surface area (TPSA) is 26.3 Å². The van der Waals surface area contributed by atoms with Crippen LogP contribution in [-0.2, 0) is 15.5 Å². The summed E-state index contributed by atoms with van der Waals surface area (Å²) in [5.41, 5.74) is 0. The van der Waals surface area contributed by atoms with E-state index in [0.29, 0.717) is 5.25 Å². The number of hydrogen-bond acceptors (Lipinski definition) is 2. The molecule has 0 N–H and O–H groups in total. The van der Waals surface area contributed by atoms with Gasteiger partial charge in [0.05, 0.1) is 12.9 Å². The molecule has 0 radical (unpaired) electrons. The van der Waals surface area contributed by atoms with Gasteiger partial charge in [0.15, 0.2) is 0 Å². The predicted molar refractivity (Wildman–Crippen MR) is 56.0 cm³/mol. The van der Waals surface area contributed by atoms with Crippen molar-refractivity contribution in [3.63, 3.8) is 0 Å². The summed E-state index contributed by atoms with van der Waals surface area (Å²) in [6.07, 6.45) is 7.98. The molecule has 0 spiro atoms. The van der Waals surface area contributed by atoms with E-state index < -0.39 is 10.8 Å². The van der Waals surface area contributed by atoms with E-state index in [1.807, 2.05) is 13.0 Å². The fraction of sp³-hybridized carbons (Fsp3) is 0.800. The van der Waals surface area contributed by atoms with Crippen molar-refractivity contribution in [3.05, 3.63) is 12.3 Å². The van der Waals surface area contributed by atoms with Gasteiger partial charge in [-0.1, -0.05) is 6.08 Å². The molecule has 13 heavy (non-hydrogen) atoms. The molecular formula is C10H18O2S. The lowest BCUT2D eigenvalue weighted by atomic mass is 10.2. The first-order chi connectivity index (χ1) is 6.34. The zero-order valence-corrected chi connectivity index (χ0v) is 9.02. The average molecular weight is 202 g/mol. The van der Waals surface area contributed by atoms with Gasteiger partial charge in [0.25, 0.3) is 0 Å². The van der Waals surface area contributed by atoms with Crippen LogP contribution >= 0.6 is 0 Å². The van der Waals surface area contributed by atoms with E-state index in [4.69, 9.17) is 4.74 Å². The van der Waals surface area contributed by atoms with Crippen molar-refractivity contribution >= 4 is 10.8 Å². The minimum absolute atomic E-state index is 0.453. The molecule has 0 aromatic carbocycles. The maximum absolute atomic E-state index is 11.4. The fourth-order valence-corrected chi connectivity index (χ4v) is 3.23. The van der Waals surface area contributed by atoms with Crippen LogP contribution < -0.4 is 0 Å². The molecule has 1 aliphatic heterocycles. The Kier molecular flexibility index (Phi) is 5.13. The first-order valence-electron chi connectivity index (χ1n) is 4.94. The van der Waals surface area contributed by atoms with E-state index in [-0.39, 0.29) is 0 Å². The Balaban J connectivity index is 2.02. The minimum Gasteiger partial charge on any atom is -0.502 e. The van der Waals surface area contributed by atoms with Crippen molar-refractivity contribution in [1.29, 1.82) is 0 Å². The van der Waals surface area contributed by atoms with Crippen LogP contribution in [-0.4, -0.2) is 21.8 Å². The minimum atomic E-state index is -0.541. The lowest BCUT2D eigenvalue weighted by molar-refractivity contribution is 0.241. The zero-order chi connectivity index (χ0) is 9.52. The quantitative estimate of drug-likeness (QED) is 0.505. The third kappa shape index (κ3) is 3.94. The Hall–Kier alpha value is -0.310. The monoisotopic (exact) mass is 202 g/mol. The summed E-state index contributed by atoms with van der Waals surface area (Å²) in [6.45, 7) is 2.70. The van der Waals surface area contributed by atoms with Gasteiger partial charge in [-0.2, -0.15) is 0 Å². The highest BCUT2D eigenvalue weighted by Gasteiger charge is 2.21. The van der Waals surface area contributed by atoms with Crippen LogP contribution in [0.15, 0.2) is 12.3 Å². The van der Waals surface area contributed by atoms with Crippen molar-refractivity contribution in [2.75, 3.05) is 12.4 Å². The van der Waals surface area contributed by atoms with Crippen LogP contribution in [0.3, 0.4) is 0 Å². The van der Waals surface area contributed by atoms with E-state index in [2.05, 4.69) is 0 Å². The summed E-state index contributed by atoms with van der Waals surface area (Å²) in [5.74, 6) is 0.917. The molecule has 1 rings (SSSR count). The third-order valence-electron chi connectivity index (χ3n) is 2.26. The first kappa shape index (κ1) is 10.8. The van der Waals surface area contributed by atoms with Crippen LogP contribution in [0, 0.1) is 0 Å². The summed E-state index contributed by atoms with van der Waals surface area (Å²) in [7, 11) is -0.541. The van der Waals surface area contributed by atoms with E-state index in [0.717, 1.165) is 38.0 Å². The summed E-state index contributed by atoms with van der Waals surface area (Å²) >= 11 is 0. The van der Waals surface area contributed by atoms with Crippen LogP contribution in [0.25, 0.3) is 0 Å². The number of rotatable bonds is 5. The second kappa shape index (κ2) is 6.19. The molecule has 0 amide bonds. The summed E-state index contributed by atoms with van der Waals surface area (Å²) in [5, 5.41) is 0.453. The van der Waals surface area contributed by atoms with Gasteiger partial charge in [0.2, 0.25) is 0 Å². The maximum atomic E-state index is 11.4. The van der Waals surface area contributed by atoms with Gasteiger partial charge in [0, 0.05) is 21.8 Å². The third-order valence-corrected chi connectivity index (χ3v) is 4.17. The molecule has 0 aromatic heterocycles. The molecule has 76 valence electrons. The Bertz CT molecular complexity index is 189. The smallest absolute Gasteiger partial charge is 0.0873 e. The fourth-order valence-electron chi connectivity index (χ4n) is 1.59. The van der Waals surface area contributed by atoms with Gasteiger partial charge in [-0.25, -0.2) is 0 Å². The first-order valence-corrected chi connectivity index (χ1v) is 6.32. The summed E-state index contributed by atoms with van der Waals surface area (Å²) in [6, 6.07) is 0. The maximum Gasteiger partial charge on any atom is 0.0873 e. The molecule has 1 fully saturated rings. The molecule has 2 atom stereocenters. The lowest BCUT2D eigenvalue weighted by Crippen LogP contribution is -2.09. The predicted octanol–water partition coefficient (Wildman–Crippen LogP) is 2.23. The molecule has 3 heteroatoms. The second-order valence-corrected chi connectivity index (χ2v) is 5.17. The lowest BCUT2D eigenvalue weighted by Gasteiger charge is -2.07. The van der Waals surface area contributed by atoms with Crippen molar-refractivity contribution in [2.24, 2.45) is 0 Å². The Morgan fingerprint density at radius 1 is 1.62 bits per heavy atom. The highest BCUT2D eigenvalue weighted by Crippen LogP contribution is 2.20. The Morgan fingerprint density at radius 2 is 2.46 bits per heavy atom. The van der Waals surface area contributed by atoms with Crippen molar-refractivity contribution in [3.8, 4) is 0 Å². The molecule has 0 aromatic rings. The van der Waals surface area contributed by atoms with Crippen LogP contribution in [0.1, 0.15) is 32.6 Å². The van der Waals surface area contributed by atoms with Gasteiger partial charge in [-0.15, -0.1) is 0 Å². The highest BCUT2D eigenvalue weighted by atomic mass is 32.2. The molecule has 1 saturated heterocycles. The normalized spacial score (nSPS) is 28.4. The van der Waals surface area contributed by atoms with Crippen LogP contribution in [0.4, 0.5) is 0 Å². The van der Waals surface area contributed by atoms with E-state index in [1.54, 1.807) is 6.26 Å². The van der Waals surface area contributed by atoms with Gasteiger partial charge in [-0.3, -0.25) is 4.21 Å². The Morgan fingerprint density at radius 3 is 3.08 bits per heavy atom. The van der Waals surface area contributed by atoms with Gasteiger partial charge in [0.1, 0.15) is 0 Å². The van der Waals surface area contributed by atoms with Crippen LogP contribution in [0.5, 0.6) is 0 Å². The molecule has 1 heterocycles. The van der Waals surface area contributed by atoms with Gasteiger partial charge < -0.3 is 4.74 Å². The molecule has 0 bridgehead atoms. The summed E-state index contributed by atoms with van der Waals surface area (Å²) in [4.78, 5) is 0. The number of ether oxygens (including phenoxy) is 1. The van der Waals surface area contributed by atoms with E-state index >= 15 is 0 Å². The summed E-state index contributed by atoms with van der Waals surface area (Å²) < 4.78 is 16.5. The van der Waals surface area contributed by atoms with Crippen molar-refractivity contribution < 1.29 is 8.95 Å². The average Bonchev–Trinajstić information content (AvgIpc) is 2.52. The molecule has 0 aliphatic carbocycles. The molecule has 2 unspecified atom stereocenters. The number of hydrogen-bond donors (Lipinski definition) is 0. The second-order valence-electron chi connectivity index (χ2n) is 3.33. The largest absolute Gasteiger partial charge is 0.502 e.